The summed E-state index contributed by atoms with van der Waals surface area (Å²) in [6.45, 7) is 1.89. The second kappa shape index (κ2) is 5.36. The highest BCUT2D eigenvalue weighted by Gasteiger charge is 2.30. The number of esters is 1. The summed E-state index contributed by atoms with van der Waals surface area (Å²) in [6, 6.07) is 2.23. The van der Waals surface area contributed by atoms with Gasteiger partial charge >= 0.3 is 12.1 Å². The minimum Gasteiger partial charge on any atom is -0.463 e. The smallest absolute Gasteiger partial charge is 0.417 e. The number of halogens is 3. The molecule has 0 amide bonds. The molecule has 0 aliphatic heterocycles. The molecule has 0 fully saturated rings. The summed E-state index contributed by atoms with van der Waals surface area (Å²) in [5.41, 5.74) is -0.0607. The van der Waals surface area contributed by atoms with Crippen LogP contribution in [0.15, 0.2) is 30.6 Å². The zero-order valence-corrected chi connectivity index (χ0v) is 10.5. The van der Waals surface area contributed by atoms with E-state index in [1.165, 1.54) is 22.7 Å². The average molecular weight is 284 g/mol. The number of ether oxygens (including phenoxy) is 1. The van der Waals surface area contributed by atoms with Crippen molar-refractivity contribution in [3.05, 3.63) is 41.9 Å². The minimum absolute atomic E-state index is 0.231. The number of fused-ring (bicyclic) bond motifs is 1. The van der Waals surface area contributed by atoms with Gasteiger partial charge in [-0.2, -0.15) is 13.2 Å². The molecule has 4 nitrogen and oxygen atoms in total. The van der Waals surface area contributed by atoms with Gasteiger partial charge in [-0.25, -0.2) is 9.78 Å². The molecule has 0 unspecified atom stereocenters. The molecule has 0 spiro atoms. The maximum absolute atomic E-state index is 12.6. The van der Waals surface area contributed by atoms with E-state index in [9.17, 15) is 18.0 Å². The molecule has 7 heteroatoms. The molecule has 20 heavy (non-hydrogen) atoms. The Morgan fingerprint density at radius 1 is 1.45 bits per heavy atom. The summed E-state index contributed by atoms with van der Waals surface area (Å²) < 4.78 is 43.9. The number of rotatable bonds is 3. The first-order valence-corrected chi connectivity index (χ1v) is 5.81. The molecule has 0 N–H and O–H groups in total. The number of imidazole rings is 1. The Hall–Kier alpha value is -2.31. The van der Waals surface area contributed by atoms with Crippen LogP contribution in [0.5, 0.6) is 0 Å². The normalized spacial score (nSPS) is 12.2. The number of hydrogen-bond acceptors (Lipinski definition) is 3. The Bertz CT molecular complexity index is 659. The van der Waals surface area contributed by atoms with Crippen LogP contribution in [0.25, 0.3) is 11.7 Å². The third-order valence-corrected chi connectivity index (χ3v) is 2.54. The number of hydrogen-bond donors (Lipinski definition) is 0. The van der Waals surface area contributed by atoms with Gasteiger partial charge in [0.25, 0.3) is 0 Å². The lowest BCUT2D eigenvalue weighted by molar-refractivity contribution is -0.138. The SMILES string of the molecule is CCOC(=O)/C=C/c1cnc2ccc(C(F)(F)F)cn12. The maximum Gasteiger partial charge on any atom is 0.417 e. The van der Waals surface area contributed by atoms with Crippen LogP contribution in [0, 0.1) is 0 Å². The fraction of sp³-hybridized carbons (Fsp3) is 0.231. The van der Waals surface area contributed by atoms with Crippen molar-refractivity contribution in [1.82, 2.24) is 9.38 Å². The van der Waals surface area contributed by atoms with Gasteiger partial charge in [-0.1, -0.05) is 0 Å². The number of carbonyl (C=O) groups excluding carboxylic acids is 1. The third kappa shape index (κ3) is 2.98. The van der Waals surface area contributed by atoms with Crippen molar-refractivity contribution in [2.75, 3.05) is 6.61 Å². The molecule has 0 aliphatic carbocycles. The van der Waals surface area contributed by atoms with Crippen LogP contribution < -0.4 is 0 Å². The summed E-state index contributed by atoms with van der Waals surface area (Å²) in [5, 5.41) is 0. The average Bonchev–Trinajstić information content (AvgIpc) is 2.78. The summed E-state index contributed by atoms with van der Waals surface area (Å²) in [5.74, 6) is -0.561. The van der Waals surface area contributed by atoms with Crippen LogP contribution in [-0.4, -0.2) is 22.0 Å². The van der Waals surface area contributed by atoms with Gasteiger partial charge in [0.15, 0.2) is 0 Å². The Labute approximate surface area is 112 Å². The summed E-state index contributed by atoms with van der Waals surface area (Å²) in [7, 11) is 0. The molecule has 2 aromatic heterocycles. The van der Waals surface area contributed by atoms with Crippen LogP contribution in [0.1, 0.15) is 18.2 Å². The topological polar surface area (TPSA) is 43.6 Å². The van der Waals surface area contributed by atoms with Crippen molar-refractivity contribution < 1.29 is 22.7 Å². The fourth-order valence-corrected chi connectivity index (χ4v) is 1.63. The molecule has 106 valence electrons. The van der Waals surface area contributed by atoms with E-state index in [1.807, 2.05) is 0 Å². The Morgan fingerprint density at radius 2 is 2.20 bits per heavy atom. The zero-order valence-electron chi connectivity index (χ0n) is 10.5. The maximum atomic E-state index is 12.6. The lowest BCUT2D eigenvalue weighted by atomic mass is 10.2. The predicted molar refractivity (Wildman–Crippen MR) is 65.9 cm³/mol. The lowest BCUT2D eigenvalue weighted by Gasteiger charge is -2.07. The Balaban J connectivity index is 2.37. The van der Waals surface area contributed by atoms with E-state index >= 15 is 0 Å². The van der Waals surface area contributed by atoms with E-state index < -0.39 is 17.7 Å². The predicted octanol–water partition coefficient (Wildman–Crippen LogP) is 2.93. The number of carbonyl (C=O) groups is 1. The molecule has 0 saturated carbocycles. The van der Waals surface area contributed by atoms with E-state index in [4.69, 9.17) is 4.74 Å². The van der Waals surface area contributed by atoms with E-state index in [0.29, 0.717) is 11.3 Å². The molecule has 2 heterocycles. The number of nitrogens with zero attached hydrogens (tertiary/aromatic N) is 2. The molecule has 0 atom stereocenters. The van der Waals surface area contributed by atoms with Gasteiger partial charge < -0.3 is 4.74 Å². The van der Waals surface area contributed by atoms with E-state index in [1.54, 1.807) is 6.92 Å². The van der Waals surface area contributed by atoms with Gasteiger partial charge in [0.2, 0.25) is 0 Å². The highest BCUT2D eigenvalue weighted by Crippen LogP contribution is 2.29. The van der Waals surface area contributed by atoms with Crippen molar-refractivity contribution in [1.29, 1.82) is 0 Å². The van der Waals surface area contributed by atoms with Crippen molar-refractivity contribution in [2.45, 2.75) is 13.1 Å². The van der Waals surface area contributed by atoms with Crippen LogP contribution in [0.4, 0.5) is 13.2 Å². The van der Waals surface area contributed by atoms with Gasteiger partial charge in [0.1, 0.15) is 5.65 Å². The fourth-order valence-electron chi connectivity index (χ4n) is 1.63. The van der Waals surface area contributed by atoms with Crippen molar-refractivity contribution in [3.8, 4) is 0 Å². The first kappa shape index (κ1) is 14.1. The van der Waals surface area contributed by atoms with E-state index in [0.717, 1.165) is 18.3 Å². The molecule has 0 radical (unpaired) electrons. The molecule has 2 aromatic rings. The monoisotopic (exact) mass is 284 g/mol. The van der Waals surface area contributed by atoms with Crippen molar-refractivity contribution >= 4 is 17.7 Å². The minimum atomic E-state index is -4.43. The van der Waals surface area contributed by atoms with Crippen LogP contribution in [-0.2, 0) is 15.7 Å². The largest absolute Gasteiger partial charge is 0.463 e. The van der Waals surface area contributed by atoms with Gasteiger partial charge in [-0.05, 0) is 25.1 Å². The molecule has 2 rings (SSSR count). The molecular formula is C13H11F3N2O2. The van der Waals surface area contributed by atoms with Gasteiger partial charge in [-0.15, -0.1) is 0 Å². The molecule has 0 saturated heterocycles. The Kier molecular flexibility index (Phi) is 3.78. The quantitative estimate of drug-likeness (QED) is 0.643. The summed E-state index contributed by atoms with van der Waals surface area (Å²) >= 11 is 0. The van der Waals surface area contributed by atoms with Crippen molar-refractivity contribution in [3.63, 3.8) is 0 Å². The number of aromatic nitrogens is 2. The first-order valence-electron chi connectivity index (χ1n) is 5.81. The first-order chi connectivity index (χ1) is 9.41. The van der Waals surface area contributed by atoms with Gasteiger partial charge in [0, 0.05) is 12.3 Å². The van der Waals surface area contributed by atoms with E-state index in [2.05, 4.69) is 4.98 Å². The lowest BCUT2D eigenvalue weighted by Crippen LogP contribution is -2.06. The van der Waals surface area contributed by atoms with Crippen molar-refractivity contribution in [2.24, 2.45) is 0 Å². The second-order valence-corrected chi connectivity index (χ2v) is 3.91. The van der Waals surface area contributed by atoms with Gasteiger partial charge in [-0.3, -0.25) is 4.40 Å². The second-order valence-electron chi connectivity index (χ2n) is 3.91. The highest BCUT2D eigenvalue weighted by atomic mass is 19.4. The number of pyridine rings is 1. The van der Waals surface area contributed by atoms with Gasteiger partial charge in [0.05, 0.1) is 24.1 Å². The van der Waals surface area contributed by atoms with Crippen LogP contribution >= 0.6 is 0 Å². The molecule has 0 aliphatic rings. The summed E-state index contributed by atoms with van der Waals surface area (Å²) in [6.07, 6.45) is 0.393. The number of alkyl halides is 3. The summed E-state index contributed by atoms with van der Waals surface area (Å²) in [4.78, 5) is 15.1. The molecule has 0 bridgehead atoms. The molecule has 0 aromatic carbocycles. The third-order valence-electron chi connectivity index (χ3n) is 2.54. The highest BCUT2D eigenvalue weighted by molar-refractivity contribution is 5.86. The van der Waals surface area contributed by atoms with E-state index in [-0.39, 0.29) is 6.61 Å². The zero-order chi connectivity index (χ0) is 14.8. The van der Waals surface area contributed by atoms with Crippen LogP contribution in [0.2, 0.25) is 0 Å². The molecular weight excluding hydrogens is 273 g/mol. The van der Waals surface area contributed by atoms with Crippen LogP contribution in [0.3, 0.4) is 0 Å². The standard InChI is InChI=1S/C13H11F3N2O2/c1-2-20-12(19)6-4-10-7-17-11-5-3-9(8-18(10)11)13(14,15)16/h3-8H,2H2,1H3/b6-4+. The Morgan fingerprint density at radius 3 is 2.85 bits per heavy atom.